The highest BCUT2D eigenvalue weighted by atomic mass is 16.5. The molecule has 3 heteroatoms. The fraction of sp³-hybridized carbons (Fsp3) is 0.893. The molecule has 0 amide bonds. The van der Waals surface area contributed by atoms with Crippen LogP contribution in [0.4, 0.5) is 0 Å². The lowest BCUT2D eigenvalue weighted by Gasteiger charge is -2.58. The van der Waals surface area contributed by atoms with Gasteiger partial charge in [0.2, 0.25) is 0 Å². The molecule has 3 saturated carbocycles. The van der Waals surface area contributed by atoms with Crippen LogP contribution < -0.4 is 0 Å². The third-order valence-electron chi connectivity index (χ3n) is 10.2. The highest BCUT2D eigenvalue weighted by Crippen LogP contribution is 2.66. The number of hydrogen-bond acceptors (Lipinski definition) is 3. The number of allylic oxidation sites excluding steroid dienone is 1. The summed E-state index contributed by atoms with van der Waals surface area (Å²) in [5.41, 5.74) is 1.92. The minimum absolute atomic E-state index is 0.0991. The maximum atomic E-state index is 11.5. The normalized spacial score (nSPS) is 42.3. The summed E-state index contributed by atoms with van der Waals surface area (Å²) in [5.74, 6) is 3.29. The molecule has 0 heterocycles. The molecule has 4 rings (SSSR count). The molecule has 0 aromatic heterocycles. The Morgan fingerprint density at radius 2 is 1.90 bits per heavy atom. The van der Waals surface area contributed by atoms with Crippen molar-refractivity contribution in [1.82, 2.24) is 0 Å². The molecule has 0 aliphatic heterocycles. The molecular formula is C28H46O3. The Kier molecular flexibility index (Phi) is 6.40. The number of carbonyl (C=O) groups is 1. The van der Waals surface area contributed by atoms with E-state index in [0.29, 0.717) is 10.8 Å². The van der Waals surface area contributed by atoms with Crippen LogP contribution in [0.1, 0.15) is 112 Å². The molecule has 0 saturated heterocycles. The summed E-state index contributed by atoms with van der Waals surface area (Å²) in [6.07, 6.45) is 17.4. The number of aliphatic hydroxyl groups is 1. The van der Waals surface area contributed by atoms with Crippen molar-refractivity contribution in [3.63, 3.8) is 0 Å². The number of fused-ring (bicyclic) bond motifs is 5. The number of carbonyl (C=O) groups excluding carboxylic acids is 1. The minimum Gasteiger partial charge on any atom is -0.462 e. The van der Waals surface area contributed by atoms with E-state index in [9.17, 15) is 9.90 Å². The fourth-order valence-electron chi connectivity index (χ4n) is 8.49. The summed E-state index contributed by atoms with van der Waals surface area (Å²) in [6, 6.07) is 0. The molecule has 4 aliphatic rings. The molecule has 0 unspecified atom stereocenters. The van der Waals surface area contributed by atoms with Crippen LogP contribution >= 0.6 is 0 Å². The van der Waals surface area contributed by atoms with E-state index in [1.54, 1.807) is 12.5 Å². The van der Waals surface area contributed by atoms with E-state index in [0.717, 1.165) is 49.4 Å². The zero-order chi connectivity index (χ0) is 22.4. The van der Waals surface area contributed by atoms with Crippen molar-refractivity contribution >= 4 is 5.97 Å². The van der Waals surface area contributed by atoms with Gasteiger partial charge in [0.25, 0.3) is 0 Å². The molecule has 4 aliphatic carbocycles. The third kappa shape index (κ3) is 4.50. The van der Waals surface area contributed by atoms with Crippen LogP contribution in [0.15, 0.2) is 11.6 Å². The van der Waals surface area contributed by atoms with Crippen molar-refractivity contribution in [2.75, 3.05) is 0 Å². The van der Waals surface area contributed by atoms with Gasteiger partial charge in [0.05, 0.1) is 5.60 Å². The smallest absolute Gasteiger partial charge is 0.302 e. The van der Waals surface area contributed by atoms with E-state index < -0.39 is 5.60 Å². The largest absolute Gasteiger partial charge is 0.462 e. The van der Waals surface area contributed by atoms with E-state index in [4.69, 9.17) is 4.74 Å². The predicted molar refractivity (Wildman–Crippen MR) is 126 cm³/mol. The van der Waals surface area contributed by atoms with E-state index in [-0.39, 0.29) is 12.1 Å². The molecule has 3 nitrogen and oxygen atoms in total. The zero-order valence-corrected chi connectivity index (χ0v) is 20.7. The highest BCUT2D eigenvalue weighted by molar-refractivity contribution is 5.66. The van der Waals surface area contributed by atoms with E-state index >= 15 is 0 Å². The van der Waals surface area contributed by atoms with Crippen LogP contribution in [0.3, 0.4) is 0 Å². The monoisotopic (exact) mass is 430 g/mol. The quantitative estimate of drug-likeness (QED) is 0.285. The maximum Gasteiger partial charge on any atom is 0.302 e. The first kappa shape index (κ1) is 23.3. The number of rotatable bonds is 6. The van der Waals surface area contributed by atoms with Gasteiger partial charge in [-0.15, -0.1) is 0 Å². The molecule has 31 heavy (non-hydrogen) atoms. The molecule has 3 fully saturated rings. The van der Waals surface area contributed by atoms with Gasteiger partial charge in [0, 0.05) is 13.3 Å². The van der Waals surface area contributed by atoms with Crippen LogP contribution in [0, 0.1) is 34.5 Å². The molecule has 0 aromatic carbocycles. The van der Waals surface area contributed by atoms with Gasteiger partial charge < -0.3 is 9.84 Å². The van der Waals surface area contributed by atoms with E-state index in [1.807, 2.05) is 13.8 Å². The van der Waals surface area contributed by atoms with Crippen LogP contribution in [0.2, 0.25) is 0 Å². The zero-order valence-electron chi connectivity index (χ0n) is 20.7. The van der Waals surface area contributed by atoms with Gasteiger partial charge in [0.15, 0.2) is 0 Å². The lowest BCUT2D eigenvalue weighted by Crippen LogP contribution is -2.50. The summed E-state index contributed by atoms with van der Waals surface area (Å²) < 4.78 is 5.59. The first-order valence-electron chi connectivity index (χ1n) is 13.1. The Balaban J connectivity index is 1.42. The van der Waals surface area contributed by atoms with Gasteiger partial charge in [0.1, 0.15) is 6.10 Å². The predicted octanol–water partition coefficient (Wildman–Crippen LogP) is 6.83. The second kappa shape index (κ2) is 8.50. The number of unbranched alkanes of at least 4 members (excludes halogenated alkanes) is 1. The van der Waals surface area contributed by atoms with Crippen molar-refractivity contribution in [3.8, 4) is 0 Å². The summed E-state index contributed by atoms with van der Waals surface area (Å²) in [7, 11) is 0. The molecule has 0 radical (unpaired) electrons. The van der Waals surface area contributed by atoms with Crippen molar-refractivity contribution in [2.24, 2.45) is 34.5 Å². The Hall–Kier alpha value is -0.830. The Morgan fingerprint density at radius 3 is 2.61 bits per heavy atom. The van der Waals surface area contributed by atoms with Crippen LogP contribution in [0.5, 0.6) is 0 Å². The molecule has 0 aromatic rings. The Bertz CT molecular complexity index is 704. The Morgan fingerprint density at radius 1 is 1.13 bits per heavy atom. The van der Waals surface area contributed by atoms with E-state index in [2.05, 4.69) is 19.9 Å². The van der Waals surface area contributed by atoms with Crippen molar-refractivity contribution in [3.05, 3.63) is 11.6 Å². The van der Waals surface area contributed by atoms with Crippen molar-refractivity contribution < 1.29 is 14.6 Å². The standard InChI is InChI=1S/C28H46O3/c1-19(29)31-22-13-16-28(5)21(18-22)9-11-23-24-12-10-20(8-6-7-15-26(2,3)30)27(24,4)17-14-25(23)28/h9,20,22-25,30H,6-8,10-18H2,1-5H3/t20-,22-,23-,24-,25-,27+,28-/m0/s1. The number of hydrogen-bond donors (Lipinski definition) is 1. The van der Waals surface area contributed by atoms with Crippen LogP contribution in [0.25, 0.3) is 0 Å². The second-order valence-electron chi connectivity index (χ2n) is 12.6. The fourth-order valence-corrected chi connectivity index (χ4v) is 8.49. The molecular weight excluding hydrogens is 384 g/mol. The number of esters is 1. The Labute approximate surface area is 190 Å². The highest BCUT2D eigenvalue weighted by Gasteiger charge is 2.58. The summed E-state index contributed by atoms with van der Waals surface area (Å²) in [5, 5.41) is 10.0. The van der Waals surface area contributed by atoms with Crippen LogP contribution in [-0.4, -0.2) is 22.8 Å². The molecule has 176 valence electrons. The molecule has 0 spiro atoms. The lowest BCUT2D eigenvalue weighted by molar-refractivity contribution is -0.148. The first-order chi connectivity index (χ1) is 14.5. The molecule has 1 N–H and O–H groups in total. The summed E-state index contributed by atoms with van der Waals surface area (Å²) in [6.45, 7) is 10.6. The van der Waals surface area contributed by atoms with Gasteiger partial charge >= 0.3 is 5.97 Å². The van der Waals surface area contributed by atoms with Gasteiger partial charge in [-0.05, 0) is 106 Å². The maximum absolute atomic E-state index is 11.5. The van der Waals surface area contributed by atoms with Crippen LogP contribution in [-0.2, 0) is 9.53 Å². The minimum atomic E-state index is -0.518. The lowest BCUT2D eigenvalue weighted by atomic mass is 9.47. The average Bonchev–Trinajstić information content (AvgIpc) is 3.01. The average molecular weight is 431 g/mol. The van der Waals surface area contributed by atoms with Crippen molar-refractivity contribution in [1.29, 1.82) is 0 Å². The third-order valence-corrected chi connectivity index (χ3v) is 10.2. The summed E-state index contributed by atoms with van der Waals surface area (Å²) in [4.78, 5) is 11.5. The van der Waals surface area contributed by atoms with Gasteiger partial charge in [-0.1, -0.05) is 38.3 Å². The van der Waals surface area contributed by atoms with Crippen molar-refractivity contribution in [2.45, 2.75) is 123 Å². The van der Waals surface area contributed by atoms with Gasteiger partial charge in [-0.3, -0.25) is 4.79 Å². The molecule has 0 bridgehead atoms. The van der Waals surface area contributed by atoms with E-state index in [1.165, 1.54) is 51.4 Å². The van der Waals surface area contributed by atoms with Gasteiger partial charge in [-0.25, -0.2) is 0 Å². The molecule has 7 atom stereocenters. The SMILES string of the molecule is CC(=O)O[C@H]1CC[C@@]2(C)C(=CC[C@H]3[C@@H]4CC[C@H](CCCCC(C)(C)O)[C@@]4(C)CC[C@@H]32)C1. The summed E-state index contributed by atoms with van der Waals surface area (Å²) >= 11 is 0. The topological polar surface area (TPSA) is 46.5 Å². The first-order valence-corrected chi connectivity index (χ1v) is 13.1. The number of ether oxygens (including phenoxy) is 1. The second-order valence-corrected chi connectivity index (χ2v) is 12.6. The van der Waals surface area contributed by atoms with Gasteiger partial charge in [-0.2, -0.15) is 0 Å².